The van der Waals surface area contributed by atoms with Crippen LogP contribution < -0.4 is 0 Å². The molecular weight excluding hydrogens is 348 g/mol. The van der Waals surface area contributed by atoms with Gasteiger partial charge in [-0.2, -0.15) is 4.31 Å². The van der Waals surface area contributed by atoms with Gasteiger partial charge in [-0.3, -0.25) is 4.79 Å². The molecule has 1 heterocycles. The van der Waals surface area contributed by atoms with E-state index < -0.39 is 10.0 Å². The van der Waals surface area contributed by atoms with Crippen LogP contribution in [-0.2, 0) is 20.2 Å². The Bertz CT molecular complexity index is 761. The molecule has 1 aromatic rings. The van der Waals surface area contributed by atoms with E-state index in [-0.39, 0.29) is 17.2 Å². The molecule has 1 aromatic carbocycles. The predicted molar refractivity (Wildman–Crippen MR) is 105 cm³/mol. The lowest BCUT2D eigenvalue weighted by Crippen LogP contribution is -2.51. The van der Waals surface area contributed by atoms with Crippen LogP contribution in [0.2, 0.25) is 0 Å². The first-order chi connectivity index (χ1) is 11.9. The Balaban J connectivity index is 2.28. The summed E-state index contributed by atoms with van der Waals surface area (Å²) in [5.74, 6) is 0.0246. The van der Waals surface area contributed by atoms with Crippen LogP contribution in [0, 0.1) is 19.8 Å². The second-order valence-corrected chi connectivity index (χ2v) is 10.4. The number of sulfonamides is 1. The van der Waals surface area contributed by atoms with E-state index >= 15 is 0 Å². The maximum absolute atomic E-state index is 13.2. The van der Waals surface area contributed by atoms with Gasteiger partial charge in [-0.05, 0) is 36.0 Å². The highest BCUT2D eigenvalue weighted by Gasteiger charge is 2.33. The van der Waals surface area contributed by atoms with Gasteiger partial charge < -0.3 is 4.90 Å². The van der Waals surface area contributed by atoms with E-state index in [0.717, 1.165) is 16.7 Å². The molecule has 0 saturated carbocycles. The molecule has 6 heteroatoms. The number of hydrogen-bond acceptors (Lipinski definition) is 3. The predicted octanol–water partition coefficient (Wildman–Crippen LogP) is 3.09. The zero-order chi connectivity index (χ0) is 19.9. The van der Waals surface area contributed by atoms with Crippen molar-refractivity contribution in [1.29, 1.82) is 0 Å². The van der Waals surface area contributed by atoms with Gasteiger partial charge in [-0.25, -0.2) is 8.42 Å². The fourth-order valence-corrected chi connectivity index (χ4v) is 5.27. The SMILES string of the molecule is Cc1cc(C(C)(C)C)cc(C)c1S(=O)(=O)N1CCN(C(=O)C(C)C)CC1. The second kappa shape index (κ2) is 7.31. The quantitative estimate of drug-likeness (QED) is 0.810. The summed E-state index contributed by atoms with van der Waals surface area (Å²) in [4.78, 5) is 14.3. The first-order valence-electron chi connectivity index (χ1n) is 9.26. The van der Waals surface area contributed by atoms with E-state index in [9.17, 15) is 13.2 Å². The molecule has 0 aliphatic carbocycles. The topological polar surface area (TPSA) is 57.7 Å². The molecule has 0 atom stereocenters. The summed E-state index contributed by atoms with van der Waals surface area (Å²) in [6.07, 6.45) is 0. The Morgan fingerprint density at radius 3 is 1.85 bits per heavy atom. The highest BCUT2D eigenvalue weighted by atomic mass is 32.2. The number of carbonyl (C=O) groups is 1. The maximum atomic E-state index is 13.2. The second-order valence-electron chi connectivity index (χ2n) is 8.57. The summed E-state index contributed by atoms with van der Waals surface area (Å²) in [5, 5.41) is 0. The molecule has 1 fully saturated rings. The molecule has 1 aliphatic heterocycles. The molecule has 0 N–H and O–H groups in total. The molecule has 5 nitrogen and oxygen atoms in total. The minimum absolute atomic E-state index is 0.0271. The van der Waals surface area contributed by atoms with Gasteiger partial charge in [0, 0.05) is 32.1 Å². The van der Waals surface area contributed by atoms with E-state index in [1.165, 1.54) is 4.31 Å². The van der Waals surface area contributed by atoms with Gasteiger partial charge >= 0.3 is 0 Å². The van der Waals surface area contributed by atoms with Crippen molar-refractivity contribution >= 4 is 15.9 Å². The van der Waals surface area contributed by atoms with Crippen molar-refractivity contribution in [3.05, 3.63) is 28.8 Å². The lowest BCUT2D eigenvalue weighted by molar-refractivity contribution is -0.135. The van der Waals surface area contributed by atoms with Gasteiger partial charge in [0.05, 0.1) is 4.90 Å². The van der Waals surface area contributed by atoms with E-state index in [1.807, 2.05) is 39.8 Å². The highest BCUT2D eigenvalue weighted by Crippen LogP contribution is 2.31. The first-order valence-corrected chi connectivity index (χ1v) is 10.7. The largest absolute Gasteiger partial charge is 0.340 e. The molecule has 2 rings (SSSR count). The Kier molecular flexibility index (Phi) is 5.88. The van der Waals surface area contributed by atoms with Crippen LogP contribution in [0.25, 0.3) is 0 Å². The van der Waals surface area contributed by atoms with E-state index in [1.54, 1.807) is 4.90 Å². The third kappa shape index (κ3) is 4.12. The molecule has 0 aromatic heterocycles. The van der Waals surface area contributed by atoms with Crippen LogP contribution in [-0.4, -0.2) is 49.7 Å². The average molecular weight is 381 g/mol. The molecule has 0 radical (unpaired) electrons. The van der Waals surface area contributed by atoms with Crippen molar-refractivity contribution < 1.29 is 13.2 Å². The van der Waals surface area contributed by atoms with Crippen LogP contribution in [0.3, 0.4) is 0 Å². The van der Waals surface area contributed by atoms with Crippen LogP contribution >= 0.6 is 0 Å². The standard InChI is InChI=1S/C20H32N2O3S/c1-14(2)19(23)21-8-10-22(11-9-21)26(24,25)18-15(3)12-17(13-16(18)4)20(5,6)7/h12-14H,8-11H2,1-7H3. The van der Waals surface area contributed by atoms with Crippen LogP contribution in [0.1, 0.15) is 51.3 Å². The summed E-state index contributed by atoms with van der Waals surface area (Å²) in [6, 6.07) is 3.97. The number of hydrogen-bond donors (Lipinski definition) is 0. The highest BCUT2D eigenvalue weighted by molar-refractivity contribution is 7.89. The van der Waals surface area contributed by atoms with Crippen molar-refractivity contribution in [2.24, 2.45) is 5.92 Å². The zero-order valence-electron chi connectivity index (χ0n) is 17.1. The van der Waals surface area contributed by atoms with Gasteiger partial charge in [0.1, 0.15) is 0 Å². The van der Waals surface area contributed by atoms with Crippen molar-refractivity contribution in [3.8, 4) is 0 Å². The number of aryl methyl sites for hydroxylation is 2. The van der Waals surface area contributed by atoms with Gasteiger partial charge in [-0.15, -0.1) is 0 Å². The minimum atomic E-state index is -3.56. The number of benzene rings is 1. The van der Waals surface area contributed by atoms with Crippen molar-refractivity contribution in [1.82, 2.24) is 9.21 Å². The third-order valence-electron chi connectivity index (χ3n) is 4.97. The van der Waals surface area contributed by atoms with E-state index in [2.05, 4.69) is 20.8 Å². The maximum Gasteiger partial charge on any atom is 0.243 e. The molecule has 0 unspecified atom stereocenters. The van der Waals surface area contributed by atoms with E-state index in [4.69, 9.17) is 0 Å². The number of rotatable bonds is 3. The summed E-state index contributed by atoms with van der Waals surface area (Å²) < 4.78 is 28.0. The molecular formula is C20H32N2O3S. The lowest BCUT2D eigenvalue weighted by Gasteiger charge is -2.35. The number of amides is 1. The molecule has 0 bridgehead atoms. The van der Waals surface area contributed by atoms with Crippen LogP contribution in [0.15, 0.2) is 17.0 Å². The lowest BCUT2D eigenvalue weighted by atomic mass is 9.85. The number of nitrogens with zero attached hydrogens (tertiary/aromatic N) is 2. The molecule has 1 aliphatic rings. The Morgan fingerprint density at radius 2 is 1.46 bits per heavy atom. The van der Waals surface area contributed by atoms with Gasteiger partial charge in [0.2, 0.25) is 15.9 Å². The molecule has 146 valence electrons. The van der Waals surface area contributed by atoms with E-state index in [0.29, 0.717) is 31.1 Å². The Hall–Kier alpha value is -1.40. The van der Waals surface area contributed by atoms with Crippen molar-refractivity contribution in [2.75, 3.05) is 26.2 Å². The Morgan fingerprint density at radius 1 is 1.00 bits per heavy atom. The summed E-state index contributed by atoms with van der Waals surface area (Å²) >= 11 is 0. The molecule has 26 heavy (non-hydrogen) atoms. The van der Waals surface area contributed by atoms with Gasteiger partial charge in [0.25, 0.3) is 0 Å². The zero-order valence-corrected chi connectivity index (χ0v) is 17.9. The fourth-order valence-electron chi connectivity index (χ4n) is 3.43. The smallest absolute Gasteiger partial charge is 0.243 e. The van der Waals surface area contributed by atoms with Crippen LogP contribution in [0.4, 0.5) is 0 Å². The molecule has 1 saturated heterocycles. The van der Waals surface area contributed by atoms with Crippen LogP contribution in [0.5, 0.6) is 0 Å². The third-order valence-corrected chi connectivity index (χ3v) is 7.17. The minimum Gasteiger partial charge on any atom is -0.340 e. The van der Waals surface area contributed by atoms with Gasteiger partial charge in [-0.1, -0.05) is 46.8 Å². The van der Waals surface area contributed by atoms with Crippen molar-refractivity contribution in [2.45, 2.75) is 58.8 Å². The Labute approximate surface area is 158 Å². The molecule has 0 spiro atoms. The first kappa shape index (κ1) is 20.9. The molecule has 1 amide bonds. The number of carbonyl (C=O) groups excluding carboxylic acids is 1. The normalized spacial score (nSPS) is 17.0. The van der Waals surface area contributed by atoms with Gasteiger partial charge in [0.15, 0.2) is 0 Å². The number of piperazine rings is 1. The summed E-state index contributed by atoms with van der Waals surface area (Å²) in [5.41, 5.74) is 2.69. The summed E-state index contributed by atoms with van der Waals surface area (Å²) in [6.45, 7) is 15.5. The average Bonchev–Trinajstić information content (AvgIpc) is 2.52. The monoisotopic (exact) mass is 380 g/mol. The van der Waals surface area contributed by atoms with Crippen molar-refractivity contribution in [3.63, 3.8) is 0 Å². The fraction of sp³-hybridized carbons (Fsp3) is 0.650. The summed E-state index contributed by atoms with van der Waals surface area (Å²) in [7, 11) is -3.56.